The maximum absolute atomic E-state index is 6.01. The summed E-state index contributed by atoms with van der Waals surface area (Å²) >= 11 is 0. The number of rotatable bonds is 5. The second-order valence-corrected chi connectivity index (χ2v) is 9.39. The van der Waals surface area contributed by atoms with Gasteiger partial charge < -0.3 is 23.7 Å². The van der Waals surface area contributed by atoms with E-state index >= 15 is 0 Å². The van der Waals surface area contributed by atoms with Gasteiger partial charge in [-0.1, -0.05) is 30.3 Å². The lowest BCUT2D eigenvalue weighted by Crippen LogP contribution is -2.37. The van der Waals surface area contributed by atoms with Crippen LogP contribution in [-0.2, 0) is 28.2 Å². The summed E-state index contributed by atoms with van der Waals surface area (Å²) in [7, 11) is 0. The van der Waals surface area contributed by atoms with Crippen LogP contribution >= 0.6 is 0 Å². The number of fused-ring (bicyclic) bond motifs is 3. The van der Waals surface area contributed by atoms with E-state index in [1.54, 1.807) is 0 Å². The van der Waals surface area contributed by atoms with Crippen molar-refractivity contribution in [2.24, 2.45) is 0 Å². The normalized spacial score (nSPS) is 17.4. The molecule has 0 amide bonds. The highest BCUT2D eigenvalue weighted by atomic mass is 16.5. The van der Waals surface area contributed by atoms with Crippen LogP contribution in [0.25, 0.3) is 22.6 Å². The van der Waals surface area contributed by atoms with Crippen LogP contribution in [0.15, 0.2) is 54.6 Å². The summed E-state index contributed by atoms with van der Waals surface area (Å²) in [4.78, 5) is 17.3. The number of benzene rings is 2. The Kier molecular flexibility index (Phi) is 5.62. The number of imidazole rings is 1. The van der Waals surface area contributed by atoms with Crippen LogP contribution in [0.1, 0.15) is 25.2 Å². The fraction of sp³-hybridized carbons (Fsp3) is 0.370. The van der Waals surface area contributed by atoms with Gasteiger partial charge in [-0.3, -0.25) is 0 Å². The molecule has 0 unspecified atom stereocenters. The van der Waals surface area contributed by atoms with Crippen LogP contribution in [0, 0.1) is 0 Å². The van der Waals surface area contributed by atoms with Gasteiger partial charge in [-0.15, -0.1) is 0 Å². The molecule has 2 aromatic heterocycles. The van der Waals surface area contributed by atoms with Crippen molar-refractivity contribution in [2.45, 2.75) is 32.6 Å². The van der Waals surface area contributed by atoms with Crippen LogP contribution in [0.5, 0.6) is 5.75 Å². The molecule has 0 spiro atoms. The van der Waals surface area contributed by atoms with Crippen LogP contribution in [0.2, 0.25) is 0 Å². The number of hydrogen-bond donors (Lipinski definition) is 0. The van der Waals surface area contributed by atoms with Crippen molar-refractivity contribution in [3.05, 3.63) is 66.0 Å². The zero-order valence-corrected chi connectivity index (χ0v) is 20.1. The number of anilines is 1. The Morgan fingerprint density at radius 1 is 0.886 bits per heavy atom. The number of morpholine rings is 1. The van der Waals surface area contributed by atoms with Gasteiger partial charge in [0, 0.05) is 25.2 Å². The lowest BCUT2D eigenvalue weighted by Gasteiger charge is -2.30. The van der Waals surface area contributed by atoms with Crippen molar-refractivity contribution in [3.63, 3.8) is 0 Å². The molecule has 0 bridgehead atoms. The lowest BCUT2D eigenvalue weighted by molar-refractivity contribution is -0.0530. The molecule has 0 N–H and O–H groups in total. The minimum atomic E-state index is -0.473. The molecule has 8 nitrogen and oxygen atoms in total. The number of aromatic nitrogens is 4. The van der Waals surface area contributed by atoms with E-state index in [0.29, 0.717) is 32.3 Å². The van der Waals surface area contributed by atoms with E-state index in [0.717, 1.165) is 59.3 Å². The number of ether oxygens (including phenoxy) is 3. The molecular weight excluding hydrogens is 442 g/mol. The van der Waals surface area contributed by atoms with Gasteiger partial charge in [0.2, 0.25) is 0 Å². The summed E-state index contributed by atoms with van der Waals surface area (Å²) < 4.78 is 19.7. The standard InChI is InChI=1S/C27H29N5O3/c1-27(2)26-28-22-24(31-12-15-33-16-13-31)29-23(30-25(22)32(26)14-17-35-27)20-8-10-21(11-9-20)34-18-19-6-4-3-5-7-19/h3-11H,12-18H2,1-2H3. The fourth-order valence-corrected chi connectivity index (χ4v) is 4.68. The van der Waals surface area contributed by atoms with Gasteiger partial charge in [-0.2, -0.15) is 0 Å². The van der Waals surface area contributed by atoms with E-state index in [2.05, 4.69) is 35.4 Å². The van der Waals surface area contributed by atoms with Gasteiger partial charge in [-0.25, -0.2) is 15.0 Å². The third-order valence-corrected chi connectivity index (χ3v) is 6.56. The Balaban J connectivity index is 1.37. The summed E-state index contributed by atoms with van der Waals surface area (Å²) in [5.41, 5.74) is 3.28. The Morgan fingerprint density at radius 3 is 2.43 bits per heavy atom. The molecule has 0 radical (unpaired) electrons. The molecule has 4 aromatic rings. The Labute approximate surface area is 204 Å². The number of hydrogen-bond acceptors (Lipinski definition) is 7. The van der Waals surface area contributed by atoms with Crippen molar-refractivity contribution in [1.29, 1.82) is 0 Å². The van der Waals surface area contributed by atoms with E-state index in [1.165, 1.54) is 0 Å². The second kappa shape index (κ2) is 8.94. The molecule has 0 aliphatic carbocycles. The predicted octanol–water partition coefficient (Wildman–Crippen LogP) is 4.17. The highest BCUT2D eigenvalue weighted by Gasteiger charge is 2.34. The van der Waals surface area contributed by atoms with Crippen LogP contribution in [0.3, 0.4) is 0 Å². The molecule has 0 atom stereocenters. The Hall–Kier alpha value is -3.49. The third kappa shape index (κ3) is 4.24. The van der Waals surface area contributed by atoms with Gasteiger partial charge in [0.1, 0.15) is 23.8 Å². The van der Waals surface area contributed by atoms with E-state index in [1.807, 2.05) is 42.5 Å². The van der Waals surface area contributed by atoms with Crippen molar-refractivity contribution in [2.75, 3.05) is 37.8 Å². The Morgan fingerprint density at radius 2 is 1.66 bits per heavy atom. The minimum absolute atomic E-state index is 0.473. The molecule has 0 saturated carbocycles. The molecule has 2 aromatic carbocycles. The van der Waals surface area contributed by atoms with Crippen molar-refractivity contribution >= 4 is 17.0 Å². The first-order valence-electron chi connectivity index (χ1n) is 12.1. The molecule has 35 heavy (non-hydrogen) atoms. The molecule has 1 fully saturated rings. The summed E-state index contributed by atoms with van der Waals surface area (Å²) in [6.45, 7) is 8.91. The molecule has 1 saturated heterocycles. The topological polar surface area (TPSA) is 74.5 Å². The highest BCUT2D eigenvalue weighted by molar-refractivity contribution is 5.86. The molecule has 2 aliphatic heterocycles. The highest BCUT2D eigenvalue weighted by Crippen LogP contribution is 2.35. The summed E-state index contributed by atoms with van der Waals surface area (Å²) in [6, 6.07) is 18.1. The van der Waals surface area contributed by atoms with Gasteiger partial charge in [0.15, 0.2) is 22.8 Å². The monoisotopic (exact) mass is 471 g/mol. The second-order valence-electron chi connectivity index (χ2n) is 9.39. The maximum atomic E-state index is 6.01. The molecule has 2 aliphatic rings. The predicted molar refractivity (Wildman–Crippen MR) is 134 cm³/mol. The summed E-state index contributed by atoms with van der Waals surface area (Å²) in [5, 5.41) is 0. The van der Waals surface area contributed by atoms with Crippen LogP contribution in [-0.4, -0.2) is 52.4 Å². The SMILES string of the molecule is CC1(C)OCCn2c1nc1c(N3CCOCC3)nc(-c3ccc(OCc4ccccc4)cc3)nc12. The van der Waals surface area contributed by atoms with Crippen LogP contribution in [0.4, 0.5) is 5.82 Å². The quantitative estimate of drug-likeness (QED) is 0.432. The van der Waals surface area contributed by atoms with Crippen LogP contribution < -0.4 is 9.64 Å². The molecule has 6 rings (SSSR count). The first kappa shape index (κ1) is 22.0. The van der Waals surface area contributed by atoms with Crippen molar-refractivity contribution in [1.82, 2.24) is 19.5 Å². The molecule has 4 heterocycles. The van der Waals surface area contributed by atoms with Gasteiger partial charge in [0.25, 0.3) is 0 Å². The maximum Gasteiger partial charge on any atom is 0.166 e. The smallest absolute Gasteiger partial charge is 0.166 e. The van der Waals surface area contributed by atoms with E-state index < -0.39 is 5.60 Å². The average molecular weight is 472 g/mol. The molecule has 180 valence electrons. The number of nitrogens with zero attached hydrogens (tertiary/aromatic N) is 5. The molecular formula is C27H29N5O3. The van der Waals surface area contributed by atoms with Crippen molar-refractivity contribution < 1.29 is 14.2 Å². The summed E-state index contributed by atoms with van der Waals surface area (Å²) in [5.74, 6) is 3.24. The van der Waals surface area contributed by atoms with Gasteiger partial charge >= 0.3 is 0 Å². The zero-order chi connectivity index (χ0) is 23.8. The zero-order valence-electron chi connectivity index (χ0n) is 20.1. The Bertz CT molecular complexity index is 1330. The van der Waals surface area contributed by atoms with E-state index in [9.17, 15) is 0 Å². The van der Waals surface area contributed by atoms with Gasteiger partial charge in [-0.05, 0) is 43.7 Å². The van der Waals surface area contributed by atoms with E-state index in [-0.39, 0.29) is 0 Å². The average Bonchev–Trinajstić information content (AvgIpc) is 3.29. The third-order valence-electron chi connectivity index (χ3n) is 6.56. The minimum Gasteiger partial charge on any atom is -0.489 e. The summed E-state index contributed by atoms with van der Waals surface area (Å²) in [6.07, 6.45) is 0. The first-order chi connectivity index (χ1) is 17.1. The molecule has 8 heteroatoms. The van der Waals surface area contributed by atoms with Crippen molar-refractivity contribution in [3.8, 4) is 17.1 Å². The first-order valence-corrected chi connectivity index (χ1v) is 12.1. The van der Waals surface area contributed by atoms with E-state index in [4.69, 9.17) is 29.2 Å². The largest absolute Gasteiger partial charge is 0.489 e. The lowest BCUT2D eigenvalue weighted by atomic mass is 10.1. The van der Waals surface area contributed by atoms with Gasteiger partial charge in [0.05, 0.1) is 19.8 Å². The fourth-order valence-electron chi connectivity index (χ4n) is 4.68.